The topological polar surface area (TPSA) is 0 Å². The average Bonchev–Trinajstić information content (AvgIpc) is 2.88. The van der Waals surface area contributed by atoms with E-state index in [1.54, 1.807) is 12.1 Å². The van der Waals surface area contributed by atoms with E-state index in [0.717, 1.165) is 18.4 Å². The van der Waals surface area contributed by atoms with Crippen molar-refractivity contribution >= 4 is 15.9 Å². The van der Waals surface area contributed by atoms with Gasteiger partial charge in [0.1, 0.15) is 0 Å². The highest BCUT2D eigenvalue weighted by Gasteiger charge is 2.38. The van der Waals surface area contributed by atoms with Crippen LogP contribution in [0, 0.1) is 5.41 Å². The Hall–Kier alpha value is -0.510. The molecule has 0 bridgehead atoms. The van der Waals surface area contributed by atoms with Crippen LogP contribution in [0.2, 0.25) is 0 Å². The molecule has 4 heteroatoms. The van der Waals surface area contributed by atoms with Crippen LogP contribution in [-0.4, -0.2) is 4.83 Å². The van der Waals surface area contributed by atoms with Crippen LogP contribution in [0.4, 0.5) is 13.2 Å². The largest absolute Gasteiger partial charge is 0.416 e. The number of rotatable bonds is 4. The lowest BCUT2D eigenvalue weighted by Gasteiger charge is -2.33. The van der Waals surface area contributed by atoms with Gasteiger partial charge in [-0.05, 0) is 48.8 Å². The van der Waals surface area contributed by atoms with E-state index in [0.29, 0.717) is 10.2 Å². The Balaban J connectivity index is 2.06. The monoisotopic (exact) mass is 348 g/mol. The molecule has 0 radical (unpaired) electrons. The van der Waals surface area contributed by atoms with Crippen molar-refractivity contribution in [2.75, 3.05) is 0 Å². The Morgan fingerprint density at radius 3 is 2.15 bits per heavy atom. The summed E-state index contributed by atoms with van der Waals surface area (Å²) in [5, 5.41) is 0. The predicted molar refractivity (Wildman–Crippen MR) is 79.1 cm³/mol. The van der Waals surface area contributed by atoms with Crippen molar-refractivity contribution in [3.05, 3.63) is 35.4 Å². The van der Waals surface area contributed by atoms with Gasteiger partial charge in [-0.15, -0.1) is 0 Å². The molecule has 0 aliphatic heterocycles. The summed E-state index contributed by atoms with van der Waals surface area (Å²) >= 11 is 3.79. The molecular weight excluding hydrogens is 329 g/mol. The summed E-state index contributed by atoms with van der Waals surface area (Å²) in [5.41, 5.74) is 0.723. The number of hydrogen-bond donors (Lipinski definition) is 0. The number of alkyl halides is 4. The zero-order valence-corrected chi connectivity index (χ0v) is 13.2. The first-order valence-electron chi connectivity index (χ1n) is 7.17. The van der Waals surface area contributed by atoms with Crippen LogP contribution < -0.4 is 0 Å². The Kier molecular flexibility index (Phi) is 4.83. The summed E-state index contributed by atoms with van der Waals surface area (Å²) in [6, 6.07) is 5.58. The molecule has 112 valence electrons. The smallest absolute Gasteiger partial charge is 0.166 e. The lowest BCUT2D eigenvalue weighted by molar-refractivity contribution is -0.137. The first-order valence-corrected chi connectivity index (χ1v) is 8.09. The minimum Gasteiger partial charge on any atom is -0.166 e. The molecule has 0 nitrogen and oxygen atoms in total. The zero-order chi connectivity index (χ0) is 14.8. The van der Waals surface area contributed by atoms with Gasteiger partial charge < -0.3 is 0 Å². The van der Waals surface area contributed by atoms with Crippen LogP contribution in [0.15, 0.2) is 24.3 Å². The van der Waals surface area contributed by atoms with Gasteiger partial charge in [0, 0.05) is 4.83 Å². The zero-order valence-electron chi connectivity index (χ0n) is 11.6. The second kappa shape index (κ2) is 6.08. The van der Waals surface area contributed by atoms with E-state index in [2.05, 4.69) is 22.9 Å². The molecule has 1 fully saturated rings. The molecule has 1 aromatic rings. The Labute approximate surface area is 126 Å². The minimum absolute atomic E-state index is 0.322. The van der Waals surface area contributed by atoms with E-state index in [-0.39, 0.29) is 0 Å². The quantitative estimate of drug-likeness (QED) is 0.587. The van der Waals surface area contributed by atoms with Crippen LogP contribution in [-0.2, 0) is 12.6 Å². The lowest BCUT2D eigenvalue weighted by atomic mass is 9.78. The van der Waals surface area contributed by atoms with Crippen molar-refractivity contribution in [3.8, 4) is 0 Å². The first-order chi connectivity index (χ1) is 9.37. The van der Waals surface area contributed by atoms with Gasteiger partial charge in [-0.3, -0.25) is 0 Å². The highest BCUT2D eigenvalue weighted by atomic mass is 79.9. The molecule has 1 saturated carbocycles. The van der Waals surface area contributed by atoms with Gasteiger partial charge in [-0.1, -0.05) is 47.8 Å². The fraction of sp³-hybridized carbons (Fsp3) is 0.625. The van der Waals surface area contributed by atoms with Crippen LogP contribution in [0.1, 0.15) is 50.2 Å². The van der Waals surface area contributed by atoms with E-state index in [1.165, 1.54) is 37.8 Å². The summed E-state index contributed by atoms with van der Waals surface area (Å²) in [4.78, 5) is 0.347. The third kappa shape index (κ3) is 3.38. The number of halogens is 4. The number of benzene rings is 1. The predicted octanol–water partition coefficient (Wildman–Crippen LogP) is 5.98. The third-order valence-corrected chi connectivity index (χ3v) is 5.96. The second-order valence-corrected chi connectivity index (χ2v) is 6.89. The Morgan fingerprint density at radius 2 is 1.70 bits per heavy atom. The van der Waals surface area contributed by atoms with Crippen molar-refractivity contribution in [2.45, 2.75) is 56.5 Å². The maximum Gasteiger partial charge on any atom is 0.416 e. The van der Waals surface area contributed by atoms with E-state index in [9.17, 15) is 13.2 Å². The van der Waals surface area contributed by atoms with Crippen molar-refractivity contribution in [2.24, 2.45) is 5.41 Å². The van der Waals surface area contributed by atoms with Crippen molar-refractivity contribution in [1.29, 1.82) is 0 Å². The van der Waals surface area contributed by atoms with Gasteiger partial charge >= 0.3 is 6.18 Å². The van der Waals surface area contributed by atoms with E-state index in [1.807, 2.05) is 0 Å². The normalized spacial score (nSPS) is 20.1. The Morgan fingerprint density at radius 1 is 1.15 bits per heavy atom. The van der Waals surface area contributed by atoms with E-state index >= 15 is 0 Å². The molecule has 1 unspecified atom stereocenters. The van der Waals surface area contributed by atoms with Gasteiger partial charge in [0.15, 0.2) is 0 Å². The fourth-order valence-corrected chi connectivity index (χ4v) is 4.38. The van der Waals surface area contributed by atoms with Crippen LogP contribution in [0.5, 0.6) is 0 Å². The minimum atomic E-state index is -4.25. The molecule has 1 aromatic carbocycles. The highest BCUT2D eigenvalue weighted by Crippen LogP contribution is 2.47. The van der Waals surface area contributed by atoms with Crippen LogP contribution in [0.3, 0.4) is 0 Å². The van der Waals surface area contributed by atoms with Crippen molar-refractivity contribution in [1.82, 2.24) is 0 Å². The molecule has 0 N–H and O–H groups in total. The van der Waals surface area contributed by atoms with Crippen LogP contribution in [0.25, 0.3) is 0 Å². The molecular formula is C16H20BrF3. The standard InChI is InChI=1S/C16H20BrF3/c1-2-15(9-3-4-10-15)14(17)11-12-5-7-13(8-6-12)16(18,19)20/h5-8,14H,2-4,9-11H2,1H3. The maximum atomic E-state index is 12.5. The van der Waals surface area contributed by atoms with E-state index in [4.69, 9.17) is 0 Å². The maximum absolute atomic E-state index is 12.5. The summed E-state index contributed by atoms with van der Waals surface area (Å²) in [7, 11) is 0. The first kappa shape index (κ1) is 15.9. The summed E-state index contributed by atoms with van der Waals surface area (Å²) in [5.74, 6) is 0. The SMILES string of the molecule is CCC1(C(Br)Cc2ccc(C(F)(F)F)cc2)CCCC1. The van der Waals surface area contributed by atoms with Crippen LogP contribution >= 0.6 is 15.9 Å². The Bertz CT molecular complexity index is 430. The van der Waals surface area contributed by atoms with E-state index < -0.39 is 11.7 Å². The molecule has 0 aromatic heterocycles. The van der Waals surface area contributed by atoms with Crippen molar-refractivity contribution < 1.29 is 13.2 Å². The molecule has 1 aliphatic rings. The van der Waals surface area contributed by atoms with Gasteiger partial charge in [0.2, 0.25) is 0 Å². The molecule has 1 atom stereocenters. The average molecular weight is 349 g/mol. The molecule has 0 amide bonds. The summed E-state index contributed by atoms with van der Waals surface area (Å²) in [6.45, 7) is 2.21. The molecule has 0 spiro atoms. The lowest BCUT2D eigenvalue weighted by Crippen LogP contribution is -2.29. The summed E-state index contributed by atoms with van der Waals surface area (Å²) in [6.07, 6.45) is 2.66. The fourth-order valence-electron chi connectivity index (χ4n) is 3.22. The van der Waals surface area contributed by atoms with Gasteiger partial charge in [-0.25, -0.2) is 0 Å². The molecule has 2 rings (SSSR count). The van der Waals surface area contributed by atoms with Crippen molar-refractivity contribution in [3.63, 3.8) is 0 Å². The second-order valence-electron chi connectivity index (χ2n) is 5.79. The van der Waals surface area contributed by atoms with Gasteiger partial charge in [0.25, 0.3) is 0 Å². The van der Waals surface area contributed by atoms with Gasteiger partial charge in [-0.2, -0.15) is 13.2 Å². The third-order valence-electron chi connectivity index (χ3n) is 4.66. The highest BCUT2D eigenvalue weighted by molar-refractivity contribution is 9.09. The summed E-state index contributed by atoms with van der Waals surface area (Å²) < 4.78 is 37.6. The molecule has 0 saturated heterocycles. The molecule has 1 aliphatic carbocycles. The van der Waals surface area contributed by atoms with Gasteiger partial charge in [0.05, 0.1) is 5.56 Å². The number of hydrogen-bond acceptors (Lipinski definition) is 0. The molecule has 0 heterocycles. The molecule has 20 heavy (non-hydrogen) atoms.